The van der Waals surface area contributed by atoms with E-state index < -0.39 is 0 Å². The fourth-order valence-corrected chi connectivity index (χ4v) is 1.98. The van der Waals surface area contributed by atoms with E-state index in [1.54, 1.807) is 0 Å². The quantitative estimate of drug-likeness (QED) is 0.786. The molecule has 5 heteroatoms. The molecule has 1 unspecified atom stereocenters. The maximum Gasteiger partial charge on any atom is 0.229 e. The van der Waals surface area contributed by atoms with E-state index in [9.17, 15) is 5.11 Å². The topological polar surface area (TPSA) is 62.4 Å². The van der Waals surface area contributed by atoms with Crippen molar-refractivity contribution < 1.29 is 9.63 Å². The molecule has 2 heterocycles. The van der Waals surface area contributed by atoms with Crippen molar-refractivity contribution in [3.8, 4) is 0 Å². The summed E-state index contributed by atoms with van der Waals surface area (Å²) in [4.78, 5) is 6.52. The van der Waals surface area contributed by atoms with Gasteiger partial charge in [-0.15, -0.1) is 0 Å². The average molecular weight is 209 g/mol. The van der Waals surface area contributed by atoms with Crippen LogP contribution < -0.4 is 0 Å². The molecule has 0 bridgehead atoms. The summed E-state index contributed by atoms with van der Waals surface area (Å²) >= 11 is 0. The van der Waals surface area contributed by atoms with Crippen molar-refractivity contribution in [3.63, 3.8) is 0 Å². The second-order valence-electron chi connectivity index (χ2n) is 4.50. The number of hydrogen-bond acceptors (Lipinski definition) is 5. The molecule has 1 aromatic rings. The third-order valence-electron chi connectivity index (χ3n) is 3.02. The van der Waals surface area contributed by atoms with Crippen molar-refractivity contribution in [3.05, 3.63) is 11.7 Å². The Kier molecular flexibility index (Phi) is 2.21. The van der Waals surface area contributed by atoms with Gasteiger partial charge in [-0.1, -0.05) is 5.16 Å². The normalized spacial score (nSPS) is 27.4. The monoisotopic (exact) mass is 209 g/mol. The summed E-state index contributed by atoms with van der Waals surface area (Å²) in [5, 5.41) is 13.3. The van der Waals surface area contributed by atoms with Crippen molar-refractivity contribution in [1.29, 1.82) is 0 Å². The molecule has 2 fully saturated rings. The molecule has 0 aromatic carbocycles. The van der Waals surface area contributed by atoms with E-state index >= 15 is 0 Å². The van der Waals surface area contributed by atoms with E-state index in [1.807, 2.05) is 0 Å². The zero-order chi connectivity index (χ0) is 10.3. The van der Waals surface area contributed by atoms with Crippen LogP contribution in [0.5, 0.6) is 0 Å². The van der Waals surface area contributed by atoms with E-state index in [1.165, 1.54) is 12.8 Å². The number of aliphatic hydroxyl groups excluding tert-OH is 1. The van der Waals surface area contributed by atoms with Gasteiger partial charge >= 0.3 is 0 Å². The summed E-state index contributed by atoms with van der Waals surface area (Å²) in [6, 6.07) is 0. The summed E-state index contributed by atoms with van der Waals surface area (Å²) in [6.45, 7) is 2.36. The molecule has 1 aromatic heterocycles. The Morgan fingerprint density at radius 2 is 2.27 bits per heavy atom. The first kappa shape index (κ1) is 9.30. The van der Waals surface area contributed by atoms with Gasteiger partial charge < -0.3 is 9.63 Å². The van der Waals surface area contributed by atoms with Crippen molar-refractivity contribution in [2.24, 2.45) is 0 Å². The zero-order valence-corrected chi connectivity index (χ0v) is 8.59. The van der Waals surface area contributed by atoms with Crippen LogP contribution in [0.15, 0.2) is 4.52 Å². The molecule has 82 valence electrons. The molecule has 1 aliphatic carbocycles. The minimum Gasteiger partial charge on any atom is -0.392 e. The predicted octanol–water partition coefficient (Wildman–Crippen LogP) is 0.514. The number of β-amino-alcohol motifs (C(OH)–C–C–N with tert-alkyl or cyclic N) is 1. The fourth-order valence-electron chi connectivity index (χ4n) is 1.98. The molecule has 1 N–H and O–H groups in total. The SMILES string of the molecule is OC1CCN(Cc2noc(C3CC3)n2)C1. The van der Waals surface area contributed by atoms with Gasteiger partial charge in [0.15, 0.2) is 5.82 Å². The van der Waals surface area contributed by atoms with Gasteiger partial charge in [-0.25, -0.2) is 0 Å². The first-order valence-corrected chi connectivity index (χ1v) is 5.54. The smallest absolute Gasteiger partial charge is 0.229 e. The Morgan fingerprint density at radius 3 is 2.93 bits per heavy atom. The Hall–Kier alpha value is -0.940. The van der Waals surface area contributed by atoms with Crippen LogP contribution in [-0.2, 0) is 6.54 Å². The lowest BCUT2D eigenvalue weighted by molar-refractivity contribution is 0.173. The second-order valence-corrected chi connectivity index (χ2v) is 4.50. The molecular formula is C10H15N3O2. The Labute approximate surface area is 88.1 Å². The minimum atomic E-state index is -0.181. The van der Waals surface area contributed by atoms with Crippen LogP contribution in [0.2, 0.25) is 0 Å². The molecule has 2 aliphatic rings. The summed E-state index contributed by atoms with van der Waals surface area (Å²) < 4.78 is 5.18. The molecule has 0 spiro atoms. The van der Waals surface area contributed by atoms with Gasteiger partial charge in [-0.3, -0.25) is 4.90 Å². The van der Waals surface area contributed by atoms with E-state index in [-0.39, 0.29) is 6.10 Å². The van der Waals surface area contributed by atoms with Crippen LogP contribution in [-0.4, -0.2) is 39.3 Å². The third-order valence-corrected chi connectivity index (χ3v) is 3.02. The van der Waals surface area contributed by atoms with Gasteiger partial charge in [-0.05, 0) is 19.3 Å². The molecule has 1 atom stereocenters. The van der Waals surface area contributed by atoms with Gasteiger partial charge in [0.05, 0.1) is 12.6 Å². The van der Waals surface area contributed by atoms with Crippen LogP contribution in [0.3, 0.4) is 0 Å². The van der Waals surface area contributed by atoms with Crippen molar-refractivity contribution in [2.75, 3.05) is 13.1 Å². The lowest BCUT2D eigenvalue weighted by Gasteiger charge is -2.10. The van der Waals surface area contributed by atoms with Crippen molar-refractivity contribution in [2.45, 2.75) is 37.8 Å². The van der Waals surface area contributed by atoms with Crippen LogP contribution >= 0.6 is 0 Å². The number of hydrogen-bond donors (Lipinski definition) is 1. The summed E-state index contributed by atoms with van der Waals surface area (Å²) in [5.74, 6) is 2.08. The van der Waals surface area contributed by atoms with E-state index in [0.717, 1.165) is 31.2 Å². The first-order valence-electron chi connectivity index (χ1n) is 5.54. The molecule has 1 saturated carbocycles. The molecule has 1 saturated heterocycles. The number of rotatable bonds is 3. The number of nitrogens with zero attached hydrogens (tertiary/aromatic N) is 3. The molecular weight excluding hydrogens is 194 g/mol. The van der Waals surface area contributed by atoms with Gasteiger partial charge in [0.1, 0.15) is 0 Å². The maximum atomic E-state index is 9.38. The maximum absolute atomic E-state index is 9.38. The molecule has 0 radical (unpaired) electrons. The highest BCUT2D eigenvalue weighted by atomic mass is 16.5. The lowest BCUT2D eigenvalue weighted by atomic mass is 10.3. The molecule has 1 aliphatic heterocycles. The molecule has 3 rings (SSSR count). The van der Waals surface area contributed by atoms with E-state index in [4.69, 9.17) is 4.52 Å². The van der Waals surface area contributed by atoms with Gasteiger partial charge in [0.25, 0.3) is 0 Å². The van der Waals surface area contributed by atoms with Gasteiger partial charge in [0.2, 0.25) is 5.89 Å². The van der Waals surface area contributed by atoms with Crippen LogP contribution in [0.1, 0.15) is 36.9 Å². The van der Waals surface area contributed by atoms with E-state index in [2.05, 4.69) is 15.0 Å². The molecule has 15 heavy (non-hydrogen) atoms. The fraction of sp³-hybridized carbons (Fsp3) is 0.800. The largest absolute Gasteiger partial charge is 0.392 e. The average Bonchev–Trinajstić information content (AvgIpc) is 2.84. The Morgan fingerprint density at radius 1 is 1.40 bits per heavy atom. The number of likely N-dealkylation sites (tertiary alicyclic amines) is 1. The molecule has 5 nitrogen and oxygen atoms in total. The predicted molar refractivity (Wildman–Crippen MR) is 52.2 cm³/mol. The highest BCUT2D eigenvalue weighted by Crippen LogP contribution is 2.38. The highest BCUT2D eigenvalue weighted by Gasteiger charge is 2.30. The zero-order valence-electron chi connectivity index (χ0n) is 8.59. The lowest BCUT2D eigenvalue weighted by Crippen LogP contribution is -2.22. The number of aliphatic hydroxyl groups is 1. The third kappa shape index (κ3) is 2.03. The van der Waals surface area contributed by atoms with Crippen LogP contribution in [0.25, 0.3) is 0 Å². The van der Waals surface area contributed by atoms with Crippen LogP contribution in [0, 0.1) is 0 Å². The van der Waals surface area contributed by atoms with Crippen molar-refractivity contribution >= 4 is 0 Å². The van der Waals surface area contributed by atoms with Gasteiger partial charge in [0, 0.05) is 19.0 Å². The second kappa shape index (κ2) is 3.57. The first-order chi connectivity index (χ1) is 7.31. The summed E-state index contributed by atoms with van der Waals surface area (Å²) in [5.41, 5.74) is 0. The van der Waals surface area contributed by atoms with E-state index in [0.29, 0.717) is 12.5 Å². The standard InChI is InChI=1S/C10H15N3O2/c14-8-3-4-13(5-8)6-9-11-10(15-12-9)7-1-2-7/h7-8,14H,1-6H2. The highest BCUT2D eigenvalue weighted by molar-refractivity contribution is 5.01. The summed E-state index contributed by atoms with van der Waals surface area (Å²) in [7, 11) is 0. The number of aromatic nitrogens is 2. The van der Waals surface area contributed by atoms with Crippen molar-refractivity contribution in [1.82, 2.24) is 15.0 Å². The minimum absolute atomic E-state index is 0.181. The van der Waals surface area contributed by atoms with Crippen LogP contribution in [0.4, 0.5) is 0 Å². The molecule has 0 amide bonds. The van der Waals surface area contributed by atoms with Gasteiger partial charge in [-0.2, -0.15) is 4.98 Å². The Balaban J connectivity index is 1.61. The Bertz CT molecular complexity index is 348. The summed E-state index contributed by atoms with van der Waals surface area (Å²) in [6.07, 6.45) is 3.04.